The van der Waals surface area contributed by atoms with Crippen LogP contribution in [0.4, 0.5) is 0 Å². The summed E-state index contributed by atoms with van der Waals surface area (Å²) in [5, 5.41) is 21.2. The molecule has 4 aromatic rings. The van der Waals surface area contributed by atoms with Gasteiger partial charge in [-0.2, -0.15) is 9.78 Å². The van der Waals surface area contributed by atoms with E-state index in [1.165, 1.54) is 10.1 Å². The van der Waals surface area contributed by atoms with Gasteiger partial charge in [-0.15, -0.1) is 22.9 Å². The number of thiol groups is 1. The van der Waals surface area contributed by atoms with Crippen LogP contribution in [-0.2, 0) is 21.6 Å². The Balaban J connectivity index is 0.00000193. The van der Waals surface area contributed by atoms with E-state index in [4.69, 9.17) is 16.7 Å². The number of hydrogen-bond donors (Lipinski definition) is 2. The van der Waals surface area contributed by atoms with E-state index in [0.717, 1.165) is 28.0 Å². The molecule has 2 aromatic carbocycles. The van der Waals surface area contributed by atoms with Crippen molar-refractivity contribution in [2.45, 2.75) is 18.7 Å². The van der Waals surface area contributed by atoms with Crippen molar-refractivity contribution in [1.82, 2.24) is 14.8 Å². The van der Waals surface area contributed by atoms with E-state index in [-0.39, 0.29) is 18.6 Å². The van der Waals surface area contributed by atoms with E-state index in [1.54, 1.807) is 12.1 Å². The zero-order valence-corrected chi connectivity index (χ0v) is 18.3. The molecule has 0 amide bonds. The Kier molecular flexibility index (Phi) is 8.39. The number of thiazole rings is 1. The van der Waals surface area contributed by atoms with Crippen LogP contribution in [0.2, 0.25) is 0 Å². The zero-order chi connectivity index (χ0) is 22.0. The highest BCUT2D eigenvalue weighted by Gasteiger charge is 2.22. The van der Waals surface area contributed by atoms with Crippen molar-refractivity contribution < 1.29 is 19.6 Å². The molecule has 8 nitrogen and oxygen atoms in total. The van der Waals surface area contributed by atoms with E-state index < -0.39 is 17.0 Å². The van der Waals surface area contributed by atoms with Crippen molar-refractivity contribution in [2.75, 3.05) is 0 Å². The highest BCUT2D eigenvalue weighted by atomic mass is 32.2. The Morgan fingerprint density at radius 3 is 2.39 bits per heavy atom. The fourth-order valence-electron chi connectivity index (χ4n) is 3.16. The Hall–Kier alpha value is -3.62. The van der Waals surface area contributed by atoms with Crippen LogP contribution < -0.4 is 5.14 Å². The highest BCUT2D eigenvalue weighted by molar-refractivity contribution is 7.82. The molecule has 0 aliphatic rings. The van der Waals surface area contributed by atoms with Gasteiger partial charge in [0.05, 0.1) is 5.69 Å². The highest BCUT2D eigenvalue weighted by Crippen LogP contribution is 2.30. The molecule has 1 unspecified atom stereocenters. The van der Waals surface area contributed by atoms with Crippen LogP contribution in [0.3, 0.4) is 0 Å². The smallest absolute Gasteiger partial charge is 0.355 e. The molecular formula is C23H22N4O4S2. The summed E-state index contributed by atoms with van der Waals surface area (Å²) in [5.74, 6) is 1.58. The first-order valence-corrected chi connectivity index (χ1v) is 11.3. The van der Waals surface area contributed by atoms with Gasteiger partial charge < -0.3 is 10.6 Å². The van der Waals surface area contributed by atoms with Crippen LogP contribution in [0, 0.1) is 12.3 Å². The average molecular weight is 483 g/mol. The summed E-state index contributed by atoms with van der Waals surface area (Å²) in [6.07, 6.45) is 6.33. The van der Waals surface area contributed by atoms with Crippen molar-refractivity contribution in [3.8, 4) is 28.7 Å². The van der Waals surface area contributed by atoms with Crippen molar-refractivity contribution in [3.63, 3.8) is 0 Å². The molecule has 0 aliphatic carbocycles. The Labute approximate surface area is 197 Å². The lowest BCUT2D eigenvalue weighted by atomic mass is 9.99. The molecule has 0 fully saturated rings. The molecule has 2 heterocycles. The Morgan fingerprint density at radius 2 is 1.85 bits per heavy atom. The molecule has 0 radical (unpaired) electrons. The van der Waals surface area contributed by atoms with Crippen molar-refractivity contribution in [1.29, 1.82) is 0 Å². The number of nitrogens with zero attached hydrogens (tertiary/aromatic N) is 3. The monoisotopic (exact) mass is 482 g/mol. The number of aromatic nitrogens is 3. The van der Waals surface area contributed by atoms with Crippen LogP contribution in [0.5, 0.6) is 0 Å². The van der Waals surface area contributed by atoms with Crippen LogP contribution in [-0.4, -0.2) is 31.3 Å². The van der Waals surface area contributed by atoms with Gasteiger partial charge in [0.15, 0.2) is 21.6 Å². The van der Waals surface area contributed by atoms with Crippen LogP contribution in [0.15, 0.2) is 64.9 Å². The van der Waals surface area contributed by atoms with Crippen molar-refractivity contribution in [3.05, 3.63) is 82.5 Å². The quantitative estimate of drug-likeness (QED) is 0.244. The molecule has 4 N–H and O–H groups in total. The zero-order valence-electron chi connectivity index (χ0n) is 16.5. The summed E-state index contributed by atoms with van der Waals surface area (Å²) < 4.78 is 13.0. The number of carbonyl (C=O) groups is 1. The molecule has 2 aromatic heterocycles. The maximum absolute atomic E-state index is 11.5. The number of nitrogens with two attached hydrogens (primary N) is 1. The third kappa shape index (κ3) is 5.24. The lowest BCUT2D eigenvalue weighted by Gasteiger charge is -2.05. The summed E-state index contributed by atoms with van der Waals surface area (Å²) in [5.41, 5.74) is 3.76. The lowest BCUT2D eigenvalue weighted by Crippen LogP contribution is -2.03. The first-order chi connectivity index (χ1) is 15.0. The van der Waals surface area contributed by atoms with Gasteiger partial charge in [0.1, 0.15) is 5.69 Å². The SMILES string of the molecule is C.C#Cc1c(Cc2ccc([SH+](N)=O)cc2)c(-c2ccccc2)nn1-c1nc(C(=O)O)cs1.[OH-]. The summed E-state index contributed by atoms with van der Waals surface area (Å²) in [6.45, 7) is 0. The van der Waals surface area contributed by atoms with Crippen LogP contribution >= 0.6 is 11.3 Å². The molecule has 10 heteroatoms. The molecular weight excluding hydrogens is 460 g/mol. The lowest BCUT2D eigenvalue weighted by molar-refractivity contribution is 0.0691. The van der Waals surface area contributed by atoms with Gasteiger partial charge in [-0.1, -0.05) is 54.1 Å². The second-order valence-electron chi connectivity index (χ2n) is 6.59. The molecule has 170 valence electrons. The first-order valence-electron chi connectivity index (χ1n) is 9.12. The topological polar surface area (TPSA) is 141 Å². The van der Waals surface area contributed by atoms with E-state index in [1.807, 2.05) is 42.5 Å². The molecule has 0 spiro atoms. The molecule has 0 bridgehead atoms. The number of aromatic carboxylic acids is 1. The van der Waals surface area contributed by atoms with Crippen LogP contribution in [0.1, 0.15) is 34.7 Å². The number of hydrogen-bond acceptors (Lipinski definition) is 6. The fourth-order valence-corrected chi connectivity index (χ4v) is 4.35. The normalized spacial score (nSPS) is 11.0. The van der Waals surface area contributed by atoms with E-state index in [2.05, 4.69) is 10.9 Å². The van der Waals surface area contributed by atoms with Gasteiger partial charge in [-0.25, -0.2) is 9.78 Å². The Morgan fingerprint density at radius 1 is 1.18 bits per heavy atom. The minimum atomic E-state index is -1.90. The van der Waals surface area contributed by atoms with Gasteiger partial charge in [-0.05, 0) is 23.6 Å². The maximum Gasteiger partial charge on any atom is 0.355 e. The minimum absolute atomic E-state index is 0. The van der Waals surface area contributed by atoms with Gasteiger partial charge in [0.25, 0.3) is 0 Å². The third-order valence-corrected chi connectivity index (χ3v) is 6.25. The molecule has 4 rings (SSSR count). The van der Waals surface area contributed by atoms with Crippen molar-refractivity contribution >= 4 is 28.3 Å². The van der Waals surface area contributed by atoms with Gasteiger partial charge in [0, 0.05) is 22.9 Å². The second kappa shape index (κ2) is 10.8. The maximum atomic E-state index is 11.5. The molecule has 1 atom stereocenters. The van der Waals surface area contributed by atoms with Crippen molar-refractivity contribution in [2.24, 2.45) is 5.14 Å². The fraction of sp³-hybridized carbons (Fsp3) is 0.0870. The van der Waals surface area contributed by atoms with Gasteiger partial charge >= 0.3 is 5.97 Å². The number of rotatable bonds is 6. The number of carboxylic acid groups (broad SMARTS) is 1. The predicted octanol–water partition coefficient (Wildman–Crippen LogP) is 3.65. The summed E-state index contributed by atoms with van der Waals surface area (Å²) in [4.78, 5) is 16.0. The molecule has 33 heavy (non-hydrogen) atoms. The Bertz CT molecular complexity index is 1320. The van der Waals surface area contributed by atoms with E-state index >= 15 is 0 Å². The predicted molar refractivity (Wildman–Crippen MR) is 129 cm³/mol. The average Bonchev–Trinajstić information content (AvgIpc) is 3.40. The number of carboxylic acids is 1. The van der Waals surface area contributed by atoms with E-state index in [9.17, 15) is 14.1 Å². The largest absolute Gasteiger partial charge is 0.870 e. The standard InChI is InChI=1S/C22H16N4O3S2.CH4.H2O/c1-2-19-17(12-14-8-10-16(11-9-14)31(23)29)20(15-6-4-3-5-7-15)25-26(19)22-24-18(13-30-22)21(27)28;;/h1,3-11,13H,12H2,(H2,23,29)(H,27,28);1H4;1H2. The number of benzene rings is 2. The second-order valence-corrected chi connectivity index (χ2v) is 8.59. The third-order valence-electron chi connectivity index (χ3n) is 4.63. The van der Waals surface area contributed by atoms with Gasteiger partial charge in [0.2, 0.25) is 5.13 Å². The minimum Gasteiger partial charge on any atom is -0.870 e. The summed E-state index contributed by atoms with van der Waals surface area (Å²) in [6, 6.07) is 16.8. The molecule has 0 aliphatic heterocycles. The summed E-state index contributed by atoms with van der Waals surface area (Å²) >= 11 is 1.16. The van der Waals surface area contributed by atoms with E-state index in [0.29, 0.717) is 27.8 Å². The molecule has 0 saturated heterocycles. The van der Waals surface area contributed by atoms with Gasteiger partial charge in [-0.3, -0.25) is 0 Å². The number of terminal acetylenes is 1. The molecule has 0 saturated carbocycles. The summed E-state index contributed by atoms with van der Waals surface area (Å²) in [7, 11) is -1.90. The first kappa shape index (κ1) is 25.6. The van der Waals surface area contributed by atoms with Crippen LogP contribution in [0.25, 0.3) is 16.4 Å².